The molecule has 0 saturated carbocycles. The third-order valence-corrected chi connectivity index (χ3v) is 4.01. The summed E-state index contributed by atoms with van der Waals surface area (Å²) in [7, 11) is 0. The molecule has 3 nitrogen and oxygen atoms in total. The van der Waals surface area contributed by atoms with Crippen molar-refractivity contribution in [2.45, 2.75) is 45.6 Å². The molecule has 2 rings (SSSR count). The minimum atomic E-state index is -0.178. The summed E-state index contributed by atoms with van der Waals surface area (Å²) in [5, 5.41) is 10.2. The first-order valence-corrected chi connectivity index (χ1v) is 8.10. The lowest BCUT2D eigenvalue weighted by atomic mass is 9.94. The Morgan fingerprint density at radius 3 is 2.29 bits per heavy atom. The molecule has 0 bridgehead atoms. The van der Waals surface area contributed by atoms with E-state index >= 15 is 0 Å². The number of hydrogen-bond donors (Lipinski definition) is 1. The minimum absolute atomic E-state index is 0.104. The van der Waals surface area contributed by atoms with Crippen molar-refractivity contribution in [3.05, 3.63) is 34.9 Å². The molecule has 4 heteroatoms. The topological polar surface area (TPSA) is 40.5 Å². The number of carbonyl (C=O) groups excluding carboxylic acids is 1. The monoisotopic (exact) mass is 311 g/mol. The fraction of sp³-hybridized carbons (Fsp3) is 0.588. The lowest BCUT2D eigenvalue weighted by Crippen LogP contribution is -2.39. The van der Waals surface area contributed by atoms with Crippen LogP contribution in [0.1, 0.15) is 45.1 Å². The molecule has 1 heterocycles. The molecule has 1 fully saturated rings. The van der Waals surface area contributed by atoms with Gasteiger partial charge in [0.25, 0.3) is 0 Å². The van der Waals surface area contributed by atoms with E-state index in [2.05, 4.69) is 4.90 Å². The fourth-order valence-corrected chi connectivity index (χ4v) is 2.65. The molecule has 0 spiro atoms. The Morgan fingerprint density at radius 2 is 1.81 bits per heavy atom. The molecule has 1 N–H and O–H groups in total. The first-order valence-electron chi connectivity index (χ1n) is 7.72. The molecule has 1 unspecified atom stereocenters. The predicted octanol–water partition coefficient (Wildman–Crippen LogP) is 3.50. The van der Waals surface area contributed by atoms with Crippen LogP contribution in [0.2, 0.25) is 5.02 Å². The highest BCUT2D eigenvalue weighted by Crippen LogP contribution is 2.22. The zero-order valence-corrected chi connectivity index (χ0v) is 13.9. The number of piperidine rings is 1. The van der Waals surface area contributed by atoms with Crippen LogP contribution in [0.5, 0.6) is 0 Å². The van der Waals surface area contributed by atoms with Gasteiger partial charge in [0.2, 0.25) is 0 Å². The van der Waals surface area contributed by atoms with Gasteiger partial charge in [-0.1, -0.05) is 37.6 Å². The molecule has 1 aliphatic heterocycles. The molecule has 1 aromatic carbocycles. The van der Waals surface area contributed by atoms with E-state index in [9.17, 15) is 9.90 Å². The molecule has 21 heavy (non-hydrogen) atoms. The standard InChI is InChI=1S/C15H20ClNO2.C2H6/c1-11(18)15(12-2-4-13(16)5-3-12)10-17-8-6-14(19)7-9-17;1-2/h2-5,14-15,19H,6-10H2,1H3;1-2H3. The van der Waals surface area contributed by atoms with Gasteiger partial charge in [-0.2, -0.15) is 0 Å². The van der Waals surface area contributed by atoms with E-state index in [1.807, 2.05) is 38.1 Å². The van der Waals surface area contributed by atoms with Crippen LogP contribution < -0.4 is 0 Å². The van der Waals surface area contributed by atoms with Gasteiger partial charge in [-0.05, 0) is 37.5 Å². The van der Waals surface area contributed by atoms with Crippen LogP contribution in [-0.4, -0.2) is 41.5 Å². The Hall–Kier alpha value is -0.900. The molecular weight excluding hydrogens is 286 g/mol. The van der Waals surface area contributed by atoms with Crippen LogP contribution in [0.15, 0.2) is 24.3 Å². The zero-order chi connectivity index (χ0) is 15.8. The second kappa shape index (κ2) is 9.19. The van der Waals surface area contributed by atoms with Crippen molar-refractivity contribution >= 4 is 17.4 Å². The summed E-state index contributed by atoms with van der Waals surface area (Å²) in [6, 6.07) is 7.50. The Labute approximate surface area is 132 Å². The Bertz CT molecular complexity index is 425. The molecule has 1 saturated heterocycles. The average Bonchev–Trinajstić information content (AvgIpc) is 2.49. The number of carbonyl (C=O) groups is 1. The summed E-state index contributed by atoms with van der Waals surface area (Å²) in [4.78, 5) is 14.1. The molecule has 1 aromatic rings. The predicted molar refractivity (Wildman–Crippen MR) is 87.9 cm³/mol. The summed E-state index contributed by atoms with van der Waals surface area (Å²) in [5.41, 5.74) is 1.02. The molecule has 118 valence electrons. The third kappa shape index (κ3) is 5.77. The number of Topliss-reactive ketones (excluding diaryl/α,β-unsaturated/α-hetero) is 1. The molecule has 1 atom stereocenters. The largest absolute Gasteiger partial charge is 0.393 e. The van der Waals surface area contributed by atoms with E-state index in [0.29, 0.717) is 5.02 Å². The van der Waals surface area contributed by atoms with Gasteiger partial charge in [0, 0.05) is 24.7 Å². The number of aliphatic hydroxyl groups is 1. The van der Waals surface area contributed by atoms with E-state index in [0.717, 1.165) is 38.0 Å². The molecular formula is C17H26ClNO2. The number of halogens is 1. The highest BCUT2D eigenvalue weighted by atomic mass is 35.5. The van der Waals surface area contributed by atoms with Gasteiger partial charge in [-0.15, -0.1) is 0 Å². The van der Waals surface area contributed by atoms with Crippen LogP contribution in [-0.2, 0) is 4.79 Å². The third-order valence-electron chi connectivity index (χ3n) is 3.76. The number of likely N-dealkylation sites (tertiary alicyclic amines) is 1. The fourth-order valence-electron chi connectivity index (χ4n) is 2.52. The van der Waals surface area contributed by atoms with Gasteiger partial charge in [0.1, 0.15) is 5.78 Å². The highest BCUT2D eigenvalue weighted by Gasteiger charge is 2.23. The van der Waals surface area contributed by atoms with Crippen LogP contribution in [0.4, 0.5) is 0 Å². The summed E-state index contributed by atoms with van der Waals surface area (Å²) < 4.78 is 0. The Balaban J connectivity index is 0.00000106. The number of benzene rings is 1. The van der Waals surface area contributed by atoms with Gasteiger partial charge in [-0.3, -0.25) is 4.79 Å². The quantitative estimate of drug-likeness (QED) is 0.925. The van der Waals surface area contributed by atoms with Gasteiger partial charge in [-0.25, -0.2) is 0 Å². The second-order valence-corrected chi connectivity index (χ2v) is 5.68. The number of nitrogens with zero attached hydrogens (tertiary/aromatic N) is 1. The number of hydrogen-bond acceptors (Lipinski definition) is 3. The van der Waals surface area contributed by atoms with Crippen molar-refractivity contribution in [1.82, 2.24) is 4.90 Å². The molecule has 0 aromatic heterocycles. The molecule has 0 aliphatic carbocycles. The van der Waals surface area contributed by atoms with E-state index in [-0.39, 0.29) is 17.8 Å². The van der Waals surface area contributed by atoms with Gasteiger partial charge >= 0.3 is 0 Å². The highest BCUT2D eigenvalue weighted by molar-refractivity contribution is 6.30. The number of rotatable bonds is 4. The van der Waals surface area contributed by atoms with Crippen molar-refractivity contribution in [1.29, 1.82) is 0 Å². The Morgan fingerprint density at radius 1 is 1.29 bits per heavy atom. The van der Waals surface area contributed by atoms with Crippen LogP contribution >= 0.6 is 11.6 Å². The van der Waals surface area contributed by atoms with Crippen LogP contribution in [0.3, 0.4) is 0 Å². The lowest BCUT2D eigenvalue weighted by molar-refractivity contribution is -0.119. The zero-order valence-electron chi connectivity index (χ0n) is 13.2. The molecule has 0 radical (unpaired) electrons. The van der Waals surface area contributed by atoms with Crippen molar-refractivity contribution in [2.24, 2.45) is 0 Å². The van der Waals surface area contributed by atoms with Crippen molar-refractivity contribution in [3.63, 3.8) is 0 Å². The van der Waals surface area contributed by atoms with Crippen LogP contribution in [0.25, 0.3) is 0 Å². The van der Waals surface area contributed by atoms with E-state index in [1.165, 1.54) is 0 Å². The SMILES string of the molecule is CC.CC(=O)C(CN1CCC(O)CC1)c1ccc(Cl)cc1. The van der Waals surface area contributed by atoms with E-state index < -0.39 is 0 Å². The van der Waals surface area contributed by atoms with Gasteiger partial charge < -0.3 is 10.0 Å². The first-order chi connectivity index (χ1) is 10.1. The summed E-state index contributed by atoms with van der Waals surface area (Å²) in [6.45, 7) is 8.08. The van der Waals surface area contributed by atoms with Crippen molar-refractivity contribution in [2.75, 3.05) is 19.6 Å². The summed E-state index contributed by atoms with van der Waals surface area (Å²) in [6.07, 6.45) is 1.42. The van der Waals surface area contributed by atoms with E-state index in [1.54, 1.807) is 6.92 Å². The lowest BCUT2D eigenvalue weighted by Gasteiger charge is -2.32. The first kappa shape index (κ1) is 18.1. The molecule has 0 amide bonds. The van der Waals surface area contributed by atoms with E-state index in [4.69, 9.17) is 11.6 Å². The normalized spacial score (nSPS) is 17.8. The smallest absolute Gasteiger partial charge is 0.138 e. The number of ketones is 1. The van der Waals surface area contributed by atoms with Crippen LogP contribution in [0, 0.1) is 0 Å². The average molecular weight is 312 g/mol. The number of aliphatic hydroxyl groups excluding tert-OH is 1. The summed E-state index contributed by atoms with van der Waals surface area (Å²) in [5.74, 6) is 0.0703. The van der Waals surface area contributed by atoms with Gasteiger partial charge in [0.05, 0.1) is 12.0 Å². The maximum Gasteiger partial charge on any atom is 0.138 e. The Kier molecular flexibility index (Phi) is 7.94. The van der Waals surface area contributed by atoms with Crippen molar-refractivity contribution in [3.8, 4) is 0 Å². The summed E-state index contributed by atoms with van der Waals surface area (Å²) >= 11 is 5.88. The van der Waals surface area contributed by atoms with Crippen molar-refractivity contribution < 1.29 is 9.90 Å². The molecule has 1 aliphatic rings. The minimum Gasteiger partial charge on any atom is -0.393 e. The maximum atomic E-state index is 11.9. The second-order valence-electron chi connectivity index (χ2n) is 5.25. The van der Waals surface area contributed by atoms with Gasteiger partial charge in [0.15, 0.2) is 0 Å². The maximum absolute atomic E-state index is 11.9.